The molecule has 0 saturated carbocycles. The molecule has 152 valence electrons. The van der Waals surface area contributed by atoms with Crippen molar-refractivity contribution in [2.24, 2.45) is 11.3 Å². The molecule has 2 heterocycles. The van der Waals surface area contributed by atoms with Crippen molar-refractivity contribution in [1.29, 1.82) is 0 Å². The molecule has 0 aliphatic heterocycles. The van der Waals surface area contributed by atoms with Gasteiger partial charge in [-0.25, -0.2) is 9.97 Å². The molecule has 1 aliphatic rings. The number of aromatic amines is 1. The third kappa shape index (κ3) is 4.59. The number of hydrogen-bond donors (Lipinski definition) is 2. The molecule has 2 aromatic heterocycles. The van der Waals surface area contributed by atoms with Crippen LogP contribution in [0.25, 0.3) is 0 Å². The average molecular weight is 384 g/mol. The van der Waals surface area contributed by atoms with E-state index in [1.165, 1.54) is 0 Å². The van der Waals surface area contributed by atoms with Crippen LogP contribution < -0.4 is 5.32 Å². The highest BCUT2D eigenvalue weighted by Gasteiger charge is 2.35. The molecule has 0 bridgehead atoms. The van der Waals surface area contributed by atoms with Gasteiger partial charge in [0.05, 0.1) is 6.04 Å². The summed E-state index contributed by atoms with van der Waals surface area (Å²) in [5, 5.41) is 10.4. The first-order chi connectivity index (χ1) is 12.9. The number of nitrogens with one attached hydrogen (secondary N) is 2. The Balaban J connectivity index is 1.84. The lowest BCUT2D eigenvalue weighted by atomic mass is 9.74. The second kappa shape index (κ2) is 7.30. The predicted octanol–water partition coefficient (Wildman–Crippen LogP) is 4.14. The number of nitrogens with zero attached hydrogens (tertiary/aromatic N) is 3. The topological polar surface area (TPSA) is 83.6 Å². The van der Waals surface area contributed by atoms with Gasteiger partial charge in [0.2, 0.25) is 0 Å². The van der Waals surface area contributed by atoms with Gasteiger partial charge in [-0.3, -0.25) is 9.89 Å². The Morgan fingerprint density at radius 1 is 1.36 bits per heavy atom. The summed E-state index contributed by atoms with van der Waals surface area (Å²) in [4.78, 5) is 22.3. The first kappa shape index (κ1) is 20.5. The minimum Gasteiger partial charge on any atom is -0.344 e. The fraction of sp³-hybridized carbons (Fsp3) is 0.636. The average Bonchev–Trinajstić information content (AvgIpc) is 3.00. The maximum absolute atomic E-state index is 12.8. The number of amides is 1. The molecule has 2 N–H and O–H groups in total. The zero-order valence-corrected chi connectivity index (χ0v) is 18.2. The zero-order valence-electron chi connectivity index (χ0n) is 18.2. The van der Waals surface area contributed by atoms with Gasteiger partial charge < -0.3 is 5.32 Å². The molecule has 6 nitrogen and oxygen atoms in total. The lowest BCUT2D eigenvalue weighted by molar-refractivity contribution is 0.0913. The highest BCUT2D eigenvalue weighted by molar-refractivity contribution is 5.92. The van der Waals surface area contributed by atoms with E-state index in [1.54, 1.807) is 0 Å². The first-order valence-corrected chi connectivity index (χ1v) is 10.2. The van der Waals surface area contributed by atoms with Gasteiger partial charge in [-0.1, -0.05) is 48.5 Å². The van der Waals surface area contributed by atoms with Gasteiger partial charge in [0.15, 0.2) is 0 Å². The summed E-state index contributed by atoms with van der Waals surface area (Å²) < 4.78 is 0. The Bertz CT molecular complexity index is 860. The maximum atomic E-state index is 12.8. The smallest absolute Gasteiger partial charge is 0.272 e. The Hall–Kier alpha value is -2.24. The third-order valence-electron chi connectivity index (χ3n) is 5.15. The molecule has 0 radical (unpaired) electrons. The van der Waals surface area contributed by atoms with Crippen LogP contribution in [0.3, 0.4) is 0 Å². The molecule has 0 aromatic carbocycles. The molecule has 0 fully saturated rings. The van der Waals surface area contributed by atoms with Gasteiger partial charge in [0.25, 0.3) is 5.91 Å². The summed E-state index contributed by atoms with van der Waals surface area (Å²) in [5.74, 6) is 1.20. The van der Waals surface area contributed by atoms with E-state index in [9.17, 15) is 4.79 Å². The van der Waals surface area contributed by atoms with Gasteiger partial charge in [-0.05, 0) is 36.7 Å². The summed E-state index contributed by atoms with van der Waals surface area (Å²) in [6, 6.07) is 1.74. The molecule has 3 rings (SSSR count). The van der Waals surface area contributed by atoms with E-state index < -0.39 is 0 Å². The van der Waals surface area contributed by atoms with Crippen molar-refractivity contribution in [2.75, 3.05) is 0 Å². The van der Waals surface area contributed by atoms with Gasteiger partial charge in [0.1, 0.15) is 11.5 Å². The second-order valence-corrected chi connectivity index (χ2v) is 10.3. The van der Waals surface area contributed by atoms with Gasteiger partial charge in [-0.2, -0.15) is 5.10 Å². The van der Waals surface area contributed by atoms with E-state index in [0.29, 0.717) is 11.6 Å². The van der Waals surface area contributed by atoms with Crippen LogP contribution in [-0.4, -0.2) is 26.1 Å². The van der Waals surface area contributed by atoms with E-state index in [1.807, 2.05) is 12.3 Å². The Labute approximate surface area is 168 Å². The Kier molecular flexibility index (Phi) is 5.34. The largest absolute Gasteiger partial charge is 0.344 e. The number of fused-ring (bicyclic) bond motifs is 1. The number of carbonyl (C=O) groups excluding carboxylic acids is 1. The molecule has 0 spiro atoms. The monoisotopic (exact) mass is 383 g/mol. The molecular weight excluding hydrogens is 350 g/mol. The van der Waals surface area contributed by atoms with Crippen molar-refractivity contribution in [3.8, 4) is 0 Å². The summed E-state index contributed by atoms with van der Waals surface area (Å²) in [5.41, 5.74) is 3.46. The summed E-state index contributed by atoms with van der Waals surface area (Å²) in [6.45, 7) is 15.1. The van der Waals surface area contributed by atoms with Crippen molar-refractivity contribution >= 4 is 5.91 Å². The van der Waals surface area contributed by atoms with Crippen molar-refractivity contribution in [2.45, 2.75) is 79.2 Å². The van der Waals surface area contributed by atoms with Gasteiger partial charge in [0, 0.05) is 28.6 Å². The number of hydrogen-bond acceptors (Lipinski definition) is 4. The second-order valence-electron chi connectivity index (χ2n) is 10.3. The molecular formula is C22H33N5O. The zero-order chi connectivity index (χ0) is 20.7. The molecule has 0 saturated heterocycles. The molecule has 28 heavy (non-hydrogen) atoms. The molecule has 1 aliphatic carbocycles. The molecule has 1 amide bonds. The van der Waals surface area contributed by atoms with Crippen LogP contribution in [0.5, 0.6) is 0 Å². The highest BCUT2D eigenvalue weighted by atomic mass is 16.2. The highest BCUT2D eigenvalue weighted by Crippen LogP contribution is 2.40. The lowest BCUT2D eigenvalue weighted by Crippen LogP contribution is -2.37. The molecule has 0 unspecified atom stereocenters. The van der Waals surface area contributed by atoms with E-state index in [4.69, 9.17) is 4.98 Å². The lowest BCUT2D eigenvalue weighted by Gasteiger charge is -2.37. The fourth-order valence-electron chi connectivity index (χ4n) is 3.79. The molecule has 6 heteroatoms. The predicted molar refractivity (Wildman–Crippen MR) is 110 cm³/mol. The standard InChI is InChI=1S/C22H33N5O/c1-13(2)8-14-9-16(27-26-14)19(28)24-17-10-22(6,7)11-18-15(17)12-23-20(25-18)21(3,4)5/h9,12-13,17H,8,10-11H2,1-7H3,(H,24,28)(H,26,27)/t17-/m0/s1. The van der Waals surface area contributed by atoms with E-state index >= 15 is 0 Å². The minimum atomic E-state index is -0.153. The quantitative estimate of drug-likeness (QED) is 0.831. The number of carbonyl (C=O) groups is 1. The number of aromatic nitrogens is 4. The van der Waals surface area contributed by atoms with Crippen LogP contribution in [0.15, 0.2) is 12.3 Å². The normalized spacial score (nSPS) is 18.8. The van der Waals surface area contributed by atoms with Crippen molar-refractivity contribution in [3.63, 3.8) is 0 Å². The SMILES string of the molecule is CC(C)Cc1cc(C(=O)N[C@H]2CC(C)(C)Cc3nc(C(C)(C)C)ncc32)n[nH]1. The summed E-state index contributed by atoms with van der Waals surface area (Å²) >= 11 is 0. The number of rotatable bonds is 4. The van der Waals surface area contributed by atoms with Crippen LogP contribution >= 0.6 is 0 Å². The van der Waals surface area contributed by atoms with Crippen LogP contribution in [0, 0.1) is 11.3 Å². The minimum absolute atomic E-state index is 0.0584. The van der Waals surface area contributed by atoms with Crippen molar-refractivity contribution < 1.29 is 4.79 Å². The van der Waals surface area contributed by atoms with Crippen LogP contribution in [0.4, 0.5) is 0 Å². The fourth-order valence-corrected chi connectivity index (χ4v) is 3.79. The van der Waals surface area contributed by atoms with Crippen molar-refractivity contribution in [3.05, 3.63) is 40.7 Å². The van der Waals surface area contributed by atoms with Crippen LogP contribution in [-0.2, 0) is 18.3 Å². The summed E-state index contributed by atoms with van der Waals surface area (Å²) in [6.07, 6.45) is 4.52. The van der Waals surface area contributed by atoms with E-state index in [-0.39, 0.29) is 22.8 Å². The Morgan fingerprint density at radius 2 is 2.07 bits per heavy atom. The van der Waals surface area contributed by atoms with E-state index in [2.05, 4.69) is 69.0 Å². The summed E-state index contributed by atoms with van der Waals surface area (Å²) in [7, 11) is 0. The molecule has 1 atom stereocenters. The Morgan fingerprint density at radius 3 is 2.71 bits per heavy atom. The first-order valence-electron chi connectivity index (χ1n) is 10.2. The molecule has 2 aromatic rings. The third-order valence-corrected chi connectivity index (χ3v) is 5.15. The van der Waals surface area contributed by atoms with Crippen molar-refractivity contribution in [1.82, 2.24) is 25.5 Å². The van der Waals surface area contributed by atoms with Gasteiger partial charge >= 0.3 is 0 Å². The van der Waals surface area contributed by atoms with Gasteiger partial charge in [-0.15, -0.1) is 0 Å². The maximum Gasteiger partial charge on any atom is 0.272 e. The van der Waals surface area contributed by atoms with Crippen LogP contribution in [0.2, 0.25) is 0 Å². The van der Waals surface area contributed by atoms with Crippen LogP contribution in [0.1, 0.15) is 94.2 Å². The van der Waals surface area contributed by atoms with E-state index in [0.717, 1.165) is 42.0 Å². The number of H-pyrrole nitrogens is 1.